The van der Waals surface area contributed by atoms with Crippen LogP contribution in [0.5, 0.6) is 0 Å². The second kappa shape index (κ2) is 3.27. The number of anilines is 1. The number of para-hydroxylation sites is 1. The molecule has 0 aromatic heterocycles. The Morgan fingerprint density at radius 1 is 1.43 bits per heavy atom. The first-order valence-electron chi connectivity index (χ1n) is 4.22. The maximum absolute atomic E-state index is 10.5. The maximum atomic E-state index is 10.5. The quantitative estimate of drug-likeness (QED) is 0.587. The molecule has 0 aliphatic carbocycles. The van der Waals surface area contributed by atoms with Gasteiger partial charge in [0.15, 0.2) is 6.23 Å². The highest BCUT2D eigenvalue weighted by Gasteiger charge is 2.27. The van der Waals surface area contributed by atoms with Crippen molar-refractivity contribution < 1.29 is 15.1 Å². The fraction of sp³-hybridized carbons (Fsp3) is 0.200. The van der Waals surface area contributed by atoms with Gasteiger partial charge >= 0.3 is 0 Å². The number of nitrogens with zero attached hydrogens (tertiary/aromatic N) is 1. The van der Waals surface area contributed by atoms with Crippen LogP contribution in [-0.2, 0) is 11.2 Å². The lowest BCUT2D eigenvalue weighted by Gasteiger charge is -2.30. The van der Waals surface area contributed by atoms with Crippen LogP contribution in [0, 0.1) is 0 Å². The van der Waals surface area contributed by atoms with Crippen LogP contribution in [0.1, 0.15) is 5.56 Å². The smallest absolute Gasteiger partial charge is 0.184 e. The van der Waals surface area contributed by atoms with Crippen molar-refractivity contribution in [1.82, 2.24) is 0 Å². The number of rotatable bonds is 0. The monoisotopic (exact) mass is 191 g/mol. The van der Waals surface area contributed by atoms with Gasteiger partial charge in [0.05, 0.1) is 11.3 Å². The minimum absolute atomic E-state index is 0.145. The summed E-state index contributed by atoms with van der Waals surface area (Å²) in [5.74, 6) is 1.64. The van der Waals surface area contributed by atoms with Crippen LogP contribution < -0.4 is 5.06 Å². The number of aliphatic hydroxyl groups is 1. The lowest BCUT2D eigenvalue weighted by molar-refractivity contribution is 0.0861. The molecule has 1 aliphatic rings. The van der Waals surface area contributed by atoms with E-state index in [2.05, 4.69) is 0 Å². The summed E-state index contributed by atoms with van der Waals surface area (Å²) in [5.41, 5.74) is 1.48. The predicted octanol–water partition coefficient (Wildman–Crippen LogP) is 0.515. The molecule has 0 bridgehead atoms. The molecule has 1 unspecified atom stereocenters. The summed E-state index contributed by atoms with van der Waals surface area (Å²) in [4.78, 5) is 10.5. The molecule has 4 heteroatoms. The Kier molecular flexibility index (Phi) is 2.09. The van der Waals surface area contributed by atoms with E-state index in [1.807, 2.05) is 6.07 Å². The Labute approximate surface area is 80.7 Å². The molecule has 4 nitrogen and oxygen atoms in total. The number of hydroxylamine groups is 1. The summed E-state index contributed by atoms with van der Waals surface area (Å²) in [7, 11) is 0. The molecule has 0 radical (unpaired) electrons. The summed E-state index contributed by atoms with van der Waals surface area (Å²) in [6, 6.07) is 7.04. The van der Waals surface area contributed by atoms with Gasteiger partial charge in [0.25, 0.3) is 0 Å². The fourth-order valence-corrected chi connectivity index (χ4v) is 1.55. The summed E-state index contributed by atoms with van der Waals surface area (Å²) < 4.78 is 0. The van der Waals surface area contributed by atoms with Crippen LogP contribution in [0.4, 0.5) is 5.69 Å². The third kappa shape index (κ3) is 1.22. The van der Waals surface area contributed by atoms with Crippen molar-refractivity contribution in [3.05, 3.63) is 35.4 Å². The highest BCUT2D eigenvalue weighted by atomic mass is 16.5. The third-order valence-corrected chi connectivity index (χ3v) is 2.29. The van der Waals surface area contributed by atoms with Crippen LogP contribution in [-0.4, -0.2) is 22.5 Å². The molecule has 0 spiro atoms. The van der Waals surface area contributed by atoms with E-state index in [1.54, 1.807) is 24.1 Å². The first kappa shape index (κ1) is 8.97. The Hall–Kier alpha value is -1.61. The molecule has 1 heterocycles. The third-order valence-electron chi connectivity index (χ3n) is 2.29. The zero-order valence-corrected chi connectivity index (χ0v) is 7.34. The van der Waals surface area contributed by atoms with Gasteiger partial charge in [-0.3, -0.25) is 5.21 Å². The molecular weight excluding hydrogens is 182 g/mol. The molecule has 1 aromatic carbocycles. The van der Waals surface area contributed by atoms with E-state index in [0.717, 1.165) is 5.56 Å². The molecule has 0 amide bonds. The number of benzene rings is 1. The van der Waals surface area contributed by atoms with Gasteiger partial charge in [0.2, 0.25) is 0 Å². The van der Waals surface area contributed by atoms with Gasteiger partial charge in [0, 0.05) is 6.42 Å². The Bertz CT molecular complexity index is 410. The minimum atomic E-state index is -1.28. The molecule has 1 aliphatic heterocycles. The lowest BCUT2D eigenvalue weighted by Crippen LogP contribution is -2.38. The van der Waals surface area contributed by atoms with Crippen LogP contribution >= 0.6 is 0 Å². The van der Waals surface area contributed by atoms with Gasteiger partial charge in [-0.2, -0.15) is 0 Å². The first-order chi connectivity index (χ1) is 6.74. The number of hydrogen-bond donors (Lipinski definition) is 2. The van der Waals surface area contributed by atoms with E-state index >= 15 is 0 Å². The zero-order valence-electron chi connectivity index (χ0n) is 7.34. The van der Waals surface area contributed by atoms with E-state index in [9.17, 15) is 15.1 Å². The first-order valence-corrected chi connectivity index (χ1v) is 4.22. The Morgan fingerprint density at radius 2 is 2.14 bits per heavy atom. The second-order valence-electron chi connectivity index (χ2n) is 3.15. The largest absolute Gasteiger partial charge is 0.367 e. The van der Waals surface area contributed by atoms with Gasteiger partial charge < -0.3 is 5.11 Å². The summed E-state index contributed by atoms with van der Waals surface area (Å²) in [6.07, 6.45) is -0.944. The van der Waals surface area contributed by atoms with E-state index in [1.165, 1.54) is 0 Å². The molecule has 14 heavy (non-hydrogen) atoms. The Morgan fingerprint density at radius 3 is 2.86 bits per heavy atom. The van der Waals surface area contributed by atoms with Crippen LogP contribution in [0.3, 0.4) is 0 Å². The molecule has 72 valence electrons. The molecule has 0 saturated heterocycles. The molecule has 0 fully saturated rings. The van der Waals surface area contributed by atoms with Gasteiger partial charge in [0.1, 0.15) is 5.94 Å². The summed E-state index contributed by atoms with van der Waals surface area (Å²) in [5, 5.41) is 19.7. The van der Waals surface area contributed by atoms with Crippen molar-refractivity contribution in [3.63, 3.8) is 0 Å². The van der Waals surface area contributed by atoms with Gasteiger partial charge in [-0.1, -0.05) is 18.2 Å². The van der Waals surface area contributed by atoms with Gasteiger partial charge in [-0.25, -0.2) is 9.86 Å². The highest BCUT2D eigenvalue weighted by molar-refractivity contribution is 5.65. The van der Waals surface area contributed by atoms with Gasteiger partial charge in [-0.15, -0.1) is 0 Å². The maximum Gasteiger partial charge on any atom is 0.184 e. The molecule has 2 rings (SSSR count). The normalized spacial score (nSPS) is 20.3. The van der Waals surface area contributed by atoms with E-state index < -0.39 is 6.23 Å². The summed E-state index contributed by atoms with van der Waals surface area (Å²) >= 11 is 0. The molecule has 1 atom stereocenters. The van der Waals surface area contributed by atoms with Crippen molar-refractivity contribution >= 4 is 11.6 Å². The summed E-state index contributed by atoms with van der Waals surface area (Å²) in [6.45, 7) is 0. The fourth-order valence-electron chi connectivity index (χ4n) is 1.55. The zero-order chi connectivity index (χ0) is 10.1. The Balaban J connectivity index is 2.53. The number of hydrogen-bond acceptors (Lipinski definition) is 4. The topological polar surface area (TPSA) is 60.8 Å². The van der Waals surface area contributed by atoms with Crippen LogP contribution in [0.25, 0.3) is 0 Å². The van der Waals surface area contributed by atoms with Crippen molar-refractivity contribution in [2.45, 2.75) is 12.6 Å². The van der Waals surface area contributed by atoms with E-state index in [4.69, 9.17) is 0 Å². The molecule has 0 saturated carbocycles. The van der Waals surface area contributed by atoms with Crippen molar-refractivity contribution in [2.24, 2.45) is 0 Å². The SMILES string of the molecule is O=C=C1Cc2ccccc2N(O)C1O. The predicted molar refractivity (Wildman–Crippen MR) is 49.6 cm³/mol. The lowest BCUT2D eigenvalue weighted by atomic mass is 9.98. The number of carbonyl (C=O) groups excluding carboxylic acids is 1. The molecular formula is C10H9NO3. The molecule has 2 N–H and O–H groups in total. The van der Waals surface area contributed by atoms with Crippen LogP contribution in [0.2, 0.25) is 0 Å². The number of aliphatic hydroxyl groups excluding tert-OH is 1. The van der Waals surface area contributed by atoms with Crippen molar-refractivity contribution in [2.75, 3.05) is 5.06 Å². The second-order valence-corrected chi connectivity index (χ2v) is 3.15. The highest BCUT2D eigenvalue weighted by Crippen LogP contribution is 2.29. The average Bonchev–Trinajstić information content (AvgIpc) is 2.23. The standard InChI is InChI=1S/C10H9NO3/c12-6-8-5-7-3-1-2-4-9(7)11(14)10(8)13/h1-4,10,13-14H,5H2. The van der Waals surface area contributed by atoms with Crippen molar-refractivity contribution in [1.29, 1.82) is 0 Å². The van der Waals surface area contributed by atoms with E-state index in [0.29, 0.717) is 17.2 Å². The van der Waals surface area contributed by atoms with Crippen LogP contribution in [0.15, 0.2) is 29.8 Å². The number of fused-ring (bicyclic) bond motifs is 1. The van der Waals surface area contributed by atoms with Crippen molar-refractivity contribution in [3.8, 4) is 0 Å². The van der Waals surface area contributed by atoms with Gasteiger partial charge in [-0.05, 0) is 11.6 Å². The van der Waals surface area contributed by atoms with E-state index in [-0.39, 0.29) is 5.57 Å². The molecule has 1 aromatic rings. The average molecular weight is 191 g/mol. The minimum Gasteiger partial charge on any atom is -0.367 e.